The molecule has 0 aliphatic carbocycles. The predicted octanol–water partition coefficient (Wildman–Crippen LogP) is 3.40. The lowest BCUT2D eigenvalue weighted by atomic mass is 9.76. The second-order valence-corrected chi connectivity index (χ2v) is 8.00. The van der Waals surface area contributed by atoms with Gasteiger partial charge < -0.3 is 30.1 Å². The van der Waals surface area contributed by atoms with Crippen molar-refractivity contribution in [3.8, 4) is 23.0 Å². The number of carboxylic acids is 1. The second-order valence-electron chi connectivity index (χ2n) is 8.00. The maximum atomic E-state index is 13.3. The Morgan fingerprint density at radius 3 is 2.22 bits per heavy atom. The number of hydrogen-bond donors (Lipinski definition) is 4. The molecule has 180 valence electrons. The molecule has 5 rings (SSSR count). The zero-order valence-corrected chi connectivity index (χ0v) is 18.3. The van der Waals surface area contributed by atoms with E-state index in [1.54, 1.807) is 0 Å². The van der Waals surface area contributed by atoms with Crippen molar-refractivity contribution in [3.63, 3.8) is 0 Å². The van der Waals surface area contributed by atoms with Gasteiger partial charge in [0.25, 0.3) is 5.91 Å². The van der Waals surface area contributed by atoms with Gasteiger partial charge in [-0.05, 0) is 41.9 Å². The minimum atomic E-state index is -1.73. The molecule has 0 saturated heterocycles. The summed E-state index contributed by atoms with van der Waals surface area (Å²) in [5.41, 5.74) is 6.66. The minimum absolute atomic E-state index is 0.0484. The van der Waals surface area contributed by atoms with Crippen molar-refractivity contribution in [2.75, 3.05) is 13.1 Å². The summed E-state index contributed by atoms with van der Waals surface area (Å²) >= 11 is 0. The maximum absolute atomic E-state index is 13.3. The van der Waals surface area contributed by atoms with Crippen LogP contribution in [0.3, 0.4) is 0 Å². The zero-order chi connectivity index (χ0) is 25.6. The summed E-state index contributed by atoms with van der Waals surface area (Å²) in [6, 6.07) is 10.5. The van der Waals surface area contributed by atoms with Crippen LogP contribution in [0.15, 0.2) is 53.6 Å². The van der Waals surface area contributed by atoms with Crippen LogP contribution in [0.1, 0.15) is 47.8 Å². The Kier molecular flexibility index (Phi) is 5.15. The largest absolute Gasteiger partial charge is 0.508 e. The van der Waals surface area contributed by atoms with Crippen molar-refractivity contribution >= 4 is 17.8 Å². The van der Waals surface area contributed by atoms with E-state index in [0.29, 0.717) is 0 Å². The molecule has 0 bridgehead atoms. The van der Waals surface area contributed by atoms with Gasteiger partial charge in [0.15, 0.2) is 5.60 Å². The van der Waals surface area contributed by atoms with E-state index in [-0.39, 0.29) is 69.5 Å². The van der Waals surface area contributed by atoms with Crippen LogP contribution in [-0.2, 0) is 10.3 Å². The Balaban J connectivity index is 1.79. The first-order chi connectivity index (χ1) is 17.3. The van der Waals surface area contributed by atoms with E-state index < -0.39 is 23.4 Å². The van der Waals surface area contributed by atoms with E-state index >= 15 is 0 Å². The smallest absolute Gasteiger partial charge is 0.340 e. The molecule has 2 aliphatic rings. The van der Waals surface area contributed by atoms with Gasteiger partial charge in [-0.15, -0.1) is 0 Å². The number of benzene rings is 3. The molecule has 12 nitrogen and oxygen atoms in total. The quantitative estimate of drug-likeness (QED) is 0.138. The van der Waals surface area contributed by atoms with Crippen molar-refractivity contribution in [1.29, 1.82) is 0 Å². The Morgan fingerprint density at radius 2 is 1.64 bits per heavy atom. The third kappa shape index (κ3) is 3.32. The Morgan fingerprint density at radius 1 is 1.00 bits per heavy atom. The topological polar surface area (TPSA) is 191 Å². The average molecular weight is 488 g/mol. The first kappa shape index (κ1) is 22.6. The molecule has 3 aromatic carbocycles. The summed E-state index contributed by atoms with van der Waals surface area (Å²) in [5, 5.41) is 35.7. The number of phenolic OH excluding ortho intramolecular Hbond substituents is 2. The summed E-state index contributed by atoms with van der Waals surface area (Å²) in [4.78, 5) is 40.9. The lowest BCUT2D eigenvalue weighted by molar-refractivity contribution is 0.0223. The normalized spacial score (nSPS) is 13.9. The van der Waals surface area contributed by atoms with Gasteiger partial charge in [-0.25, -0.2) is 9.59 Å². The van der Waals surface area contributed by atoms with Crippen LogP contribution in [0.5, 0.6) is 23.0 Å². The highest BCUT2D eigenvalue weighted by Gasteiger charge is 2.55. The molecule has 0 aromatic heterocycles. The highest BCUT2D eigenvalue weighted by Crippen LogP contribution is 2.57. The number of azide groups is 1. The molecule has 12 heteroatoms. The SMILES string of the molecule is [N-]=[N+]=NCCNC(=O)c1cc(C(=O)O)cc2c1C(=O)OC21c2ccc(O)cc2Oc2cc(O)ccc21. The Bertz CT molecular complexity index is 1480. The van der Waals surface area contributed by atoms with Gasteiger partial charge in [0.05, 0.1) is 16.7 Å². The standard InChI is InChI=1S/C24H16N4O8/c25-28-27-6-5-26-21(31)14-7-11(22(32)33)8-17-20(14)23(34)36-24(17)15-3-1-12(29)9-18(15)35-19-10-13(30)2-4-16(19)24/h1-4,7-10,29-30H,5-6H2,(H,26,31)(H,32,33). The number of carboxylic acid groups (broad SMARTS) is 1. The lowest BCUT2D eigenvalue weighted by Crippen LogP contribution is -2.33. The van der Waals surface area contributed by atoms with Gasteiger partial charge >= 0.3 is 11.9 Å². The summed E-state index contributed by atoms with van der Waals surface area (Å²) in [6.07, 6.45) is 0. The molecule has 0 saturated carbocycles. The van der Waals surface area contributed by atoms with Crippen LogP contribution in [0.25, 0.3) is 10.4 Å². The number of nitrogens with one attached hydrogen (secondary N) is 1. The second kappa shape index (κ2) is 8.22. The first-order valence-corrected chi connectivity index (χ1v) is 10.6. The summed E-state index contributed by atoms with van der Waals surface area (Å²) in [6.45, 7) is -0.101. The number of aromatic hydroxyl groups is 2. The van der Waals surface area contributed by atoms with Crippen LogP contribution in [-0.4, -0.2) is 46.3 Å². The molecule has 0 radical (unpaired) electrons. The number of carbonyl (C=O) groups is 3. The number of hydrogen-bond acceptors (Lipinski definition) is 8. The number of esters is 1. The summed E-state index contributed by atoms with van der Waals surface area (Å²) < 4.78 is 11.8. The van der Waals surface area contributed by atoms with Crippen LogP contribution in [0.2, 0.25) is 0 Å². The van der Waals surface area contributed by atoms with E-state index in [2.05, 4.69) is 15.3 Å². The summed E-state index contributed by atoms with van der Waals surface area (Å²) in [7, 11) is 0. The fourth-order valence-electron chi connectivity index (χ4n) is 4.48. The van der Waals surface area contributed by atoms with Gasteiger partial charge in [0.2, 0.25) is 0 Å². The van der Waals surface area contributed by atoms with Crippen molar-refractivity contribution in [1.82, 2.24) is 5.32 Å². The number of amides is 1. The van der Waals surface area contributed by atoms with Crippen molar-refractivity contribution in [2.45, 2.75) is 5.60 Å². The molecular formula is C24H16N4O8. The lowest BCUT2D eigenvalue weighted by Gasteiger charge is -2.36. The number of phenols is 2. The molecule has 2 heterocycles. The molecule has 1 amide bonds. The molecule has 0 fully saturated rings. The number of carbonyl (C=O) groups excluding carboxylic acids is 2. The van der Waals surface area contributed by atoms with Crippen LogP contribution >= 0.6 is 0 Å². The molecule has 2 aliphatic heterocycles. The third-order valence-corrected chi connectivity index (χ3v) is 5.93. The monoisotopic (exact) mass is 488 g/mol. The van der Waals surface area contributed by atoms with Crippen molar-refractivity contribution < 1.29 is 39.2 Å². The van der Waals surface area contributed by atoms with Crippen LogP contribution in [0, 0.1) is 0 Å². The minimum Gasteiger partial charge on any atom is -0.508 e. The summed E-state index contributed by atoms with van der Waals surface area (Å²) in [5.74, 6) is -3.07. The van der Waals surface area contributed by atoms with Gasteiger partial charge in [0.1, 0.15) is 23.0 Å². The maximum Gasteiger partial charge on any atom is 0.340 e. The Hall–Kier alpha value is -5.22. The third-order valence-electron chi connectivity index (χ3n) is 5.93. The predicted molar refractivity (Wildman–Crippen MR) is 121 cm³/mol. The first-order valence-electron chi connectivity index (χ1n) is 10.6. The fraction of sp³-hybridized carbons (Fsp3) is 0.125. The molecular weight excluding hydrogens is 472 g/mol. The van der Waals surface area contributed by atoms with E-state index in [9.17, 15) is 29.7 Å². The van der Waals surface area contributed by atoms with Gasteiger partial charge in [-0.1, -0.05) is 5.11 Å². The van der Waals surface area contributed by atoms with Crippen LogP contribution < -0.4 is 10.1 Å². The number of rotatable bonds is 5. The van der Waals surface area contributed by atoms with Gasteiger partial charge in [0, 0.05) is 46.8 Å². The van der Waals surface area contributed by atoms with E-state index in [4.69, 9.17) is 15.0 Å². The van der Waals surface area contributed by atoms with E-state index in [0.717, 1.165) is 6.07 Å². The van der Waals surface area contributed by atoms with Crippen molar-refractivity contribution in [3.05, 3.63) is 92.4 Å². The molecule has 36 heavy (non-hydrogen) atoms. The van der Waals surface area contributed by atoms with Gasteiger partial charge in [-0.3, -0.25) is 4.79 Å². The molecule has 3 aromatic rings. The Labute approximate surface area is 202 Å². The highest BCUT2D eigenvalue weighted by molar-refractivity contribution is 6.10. The number of ether oxygens (including phenoxy) is 2. The number of nitrogens with zero attached hydrogens (tertiary/aromatic N) is 3. The van der Waals surface area contributed by atoms with Crippen molar-refractivity contribution in [2.24, 2.45) is 5.11 Å². The zero-order valence-electron chi connectivity index (χ0n) is 18.3. The molecule has 1 spiro atoms. The van der Waals surface area contributed by atoms with E-state index in [1.807, 2.05) is 0 Å². The molecule has 0 unspecified atom stereocenters. The van der Waals surface area contributed by atoms with Crippen LogP contribution in [0.4, 0.5) is 0 Å². The fourth-order valence-corrected chi connectivity index (χ4v) is 4.48. The highest BCUT2D eigenvalue weighted by atomic mass is 16.6. The molecule has 4 N–H and O–H groups in total. The van der Waals surface area contributed by atoms with Gasteiger partial charge in [-0.2, -0.15) is 0 Å². The van der Waals surface area contributed by atoms with E-state index in [1.165, 1.54) is 42.5 Å². The average Bonchev–Trinajstić information content (AvgIpc) is 3.13. The number of aromatic carboxylic acids is 1. The molecule has 0 atom stereocenters. The number of fused-ring (bicyclic) bond motifs is 6.